The van der Waals surface area contributed by atoms with Crippen LogP contribution in [0.15, 0.2) is 4.79 Å². The van der Waals surface area contributed by atoms with Gasteiger partial charge in [-0.15, -0.1) is 11.3 Å². The third kappa shape index (κ3) is 4.46. The summed E-state index contributed by atoms with van der Waals surface area (Å²) in [6.45, 7) is 10.9. The third-order valence-corrected chi connectivity index (χ3v) is 6.57. The van der Waals surface area contributed by atoms with Gasteiger partial charge in [0.15, 0.2) is 0 Å². The van der Waals surface area contributed by atoms with E-state index >= 15 is 0 Å². The van der Waals surface area contributed by atoms with Gasteiger partial charge in [0.05, 0.1) is 10.3 Å². The molecule has 1 aliphatic heterocycles. The first kappa shape index (κ1) is 21.0. The van der Waals surface area contributed by atoms with Gasteiger partial charge in [-0.3, -0.25) is 14.2 Å². The molecular formula is C21H32N4O2S. The minimum atomic E-state index is -0.0830. The van der Waals surface area contributed by atoms with Crippen LogP contribution in [0.4, 0.5) is 0 Å². The van der Waals surface area contributed by atoms with Gasteiger partial charge in [0, 0.05) is 19.5 Å². The normalized spacial score (nSPS) is 13.9. The van der Waals surface area contributed by atoms with Crippen LogP contribution >= 0.6 is 11.3 Å². The highest BCUT2D eigenvalue weighted by molar-refractivity contribution is 7.20. The zero-order chi connectivity index (χ0) is 20.1. The molecule has 1 N–H and O–H groups in total. The Morgan fingerprint density at radius 2 is 1.96 bits per heavy atom. The van der Waals surface area contributed by atoms with E-state index in [1.165, 1.54) is 11.3 Å². The van der Waals surface area contributed by atoms with Crippen molar-refractivity contribution in [1.82, 2.24) is 19.8 Å². The molecule has 0 fully saturated rings. The Labute approximate surface area is 171 Å². The number of hydrogen-bond acceptors (Lipinski definition) is 5. The van der Waals surface area contributed by atoms with Gasteiger partial charge in [-0.1, -0.05) is 13.8 Å². The quantitative estimate of drug-likeness (QED) is 0.651. The summed E-state index contributed by atoms with van der Waals surface area (Å²) in [5.41, 5.74) is 0.789. The maximum absolute atomic E-state index is 12.9. The van der Waals surface area contributed by atoms with Crippen molar-refractivity contribution >= 4 is 27.5 Å². The molecule has 154 valence electrons. The summed E-state index contributed by atoms with van der Waals surface area (Å²) >= 11 is 1.35. The summed E-state index contributed by atoms with van der Waals surface area (Å²) in [6, 6.07) is 0. The number of amides is 1. The van der Waals surface area contributed by atoms with E-state index in [9.17, 15) is 9.59 Å². The van der Waals surface area contributed by atoms with Gasteiger partial charge in [-0.25, -0.2) is 4.98 Å². The smallest absolute Gasteiger partial charge is 0.262 e. The molecule has 0 unspecified atom stereocenters. The van der Waals surface area contributed by atoms with Gasteiger partial charge in [0.25, 0.3) is 11.5 Å². The molecule has 2 aromatic heterocycles. The highest BCUT2D eigenvalue weighted by Crippen LogP contribution is 2.28. The summed E-state index contributed by atoms with van der Waals surface area (Å²) in [7, 11) is 0. The fourth-order valence-electron chi connectivity index (χ4n) is 4.00. The Morgan fingerprint density at radius 3 is 2.68 bits per heavy atom. The minimum Gasteiger partial charge on any atom is -0.351 e. The number of thiophene rings is 1. The lowest BCUT2D eigenvalue weighted by molar-refractivity contribution is 0.0955. The lowest BCUT2D eigenvalue weighted by atomic mass is 10.1. The number of rotatable bonds is 9. The van der Waals surface area contributed by atoms with Crippen molar-refractivity contribution in [3.8, 4) is 0 Å². The zero-order valence-electron chi connectivity index (χ0n) is 17.3. The largest absolute Gasteiger partial charge is 0.351 e. The van der Waals surface area contributed by atoms with Crippen LogP contribution < -0.4 is 10.9 Å². The molecule has 0 saturated heterocycles. The second kappa shape index (κ2) is 9.65. The molecule has 0 aliphatic carbocycles. The predicted molar refractivity (Wildman–Crippen MR) is 116 cm³/mol. The molecule has 28 heavy (non-hydrogen) atoms. The summed E-state index contributed by atoms with van der Waals surface area (Å²) in [5, 5.41) is 3.66. The lowest BCUT2D eigenvalue weighted by Crippen LogP contribution is -2.31. The van der Waals surface area contributed by atoms with Gasteiger partial charge in [-0.05, 0) is 64.2 Å². The van der Waals surface area contributed by atoms with Crippen molar-refractivity contribution in [2.24, 2.45) is 0 Å². The second-order valence-corrected chi connectivity index (χ2v) is 8.63. The monoisotopic (exact) mass is 404 g/mol. The molecule has 1 amide bonds. The van der Waals surface area contributed by atoms with Crippen LogP contribution in [0, 0.1) is 6.92 Å². The average Bonchev–Trinajstić information content (AvgIpc) is 3.02. The number of nitrogens with zero attached hydrogens (tertiary/aromatic N) is 3. The molecule has 3 rings (SSSR count). The van der Waals surface area contributed by atoms with Crippen molar-refractivity contribution in [3.05, 3.63) is 26.6 Å². The van der Waals surface area contributed by atoms with Crippen LogP contribution in [0.25, 0.3) is 10.2 Å². The first-order valence-electron chi connectivity index (χ1n) is 10.6. The number of carbonyl (C=O) groups excluding carboxylic acids is 1. The summed E-state index contributed by atoms with van der Waals surface area (Å²) in [6.07, 6.45) is 6.17. The molecule has 0 aromatic carbocycles. The minimum absolute atomic E-state index is 0.0160. The highest BCUT2D eigenvalue weighted by Gasteiger charge is 2.22. The van der Waals surface area contributed by atoms with Crippen LogP contribution in [0.2, 0.25) is 0 Å². The number of nitrogens with one attached hydrogen (secondary N) is 1. The van der Waals surface area contributed by atoms with Crippen LogP contribution in [-0.2, 0) is 13.0 Å². The summed E-state index contributed by atoms with van der Waals surface area (Å²) in [5.74, 6) is 0.782. The molecule has 0 bridgehead atoms. The average molecular weight is 405 g/mol. The van der Waals surface area contributed by atoms with Crippen molar-refractivity contribution in [2.45, 2.75) is 65.8 Å². The van der Waals surface area contributed by atoms with E-state index in [0.717, 1.165) is 76.1 Å². The highest BCUT2D eigenvalue weighted by atomic mass is 32.1. The molecular weight excluding hydrogens is 372 g/mol. The van der Waals surface area contributed by atoms with Gasteiger partial charge in [-0.2, -0.15) is 0 Å². The van der Waals surface area contributed by atoms with E-state index in [1.807, 2.05) is 6.92 Å². The summed E-state index contributed by atoms with van der Waals surface area (Å²) < 4.78 is 1.79. The Balaban J connectivity index is 1.68. The number of aromatic nitrogens is 2. The first-order valence-corrected chi connectivity index (χ1v) is 11.4. The van der Waals surface area contributed by atoms with E-state index in [4.69, 9.17) is 4.98 Å². The van der Waals surface area contributed by atoms with Crippen molar-refractivity contribution in [1.29, 1.82) is 0 Å². The number of carbonyl (C=O) groups is 1. The van der Waals surface area contributed by atoms with Gasteiger partial charge in [0.2, 0.25) is 0 Å². The first-order chi connectivity index (χ1) is 13.6. The molecule has 7 heteroatoms. The Kier molecular flexibility index (Phi) is 7.24. The van der Waals surface area contributed by atoms with E-state index in [-0.39, 0.29) is 11.5 Å². The van der Waals surface area contributed by atoms with E-state index in [1.54, 1.807) is 4.57 Å². The van der Waals surface area contributed by atoms with E-state index < -0.39 is 0 Å². The molecule has 3 heterocycles. The fourth-order valence-corrected chi connectivity index (χ4v) is 5.11. The third-order valence-electron chi connectivity index (χ3n) is 5.38. The van der Waals surface area contributed by atoms with Crippen LogP contribution in [-0.4, -0.2) is 46.5 Å². The Hall–Kier alpha value is -1.73. The number of aryl methyl sites for hydroxylation is 2. The molecule has 1 aliphatic rings. The number of fused-ring (bicyclic) bond motifs is 2. The molecule has 0 radical (unpaired) electrons. The molecule has 0 saturated carbocycles. The van der Waals surface area contributed by atoms with E-state index in [2.05, 4.69) is 24.1 Å². The van der Waals surface area contributed by atoms with E-state index in [0.29, 0.717) is 21.6 Å². The maximum atomic E-state index is 12.9. The SMILES string of the molecule is CCCN(CCC)CCCNC(=O)c1sc2nc3n(c(=O)c2c1C)CCCC3. The predicted octanol–water partition coefficient (Wildman–Crippen LogP) is 3.34. The fraction of sp³-hybridized carbons (Fsp3) is 0.667. The molecule has 2 aromatic rings. The number of hydrogen-bond donors (Lipinski definition) is 1. The van der Waals surface area contributed by atoms with Crippen molar-refractivity contribution in [2.75, 3.05) is 26.2 Å². The van der Waals surface area contributed by atoms with Gasteiger partial charge < -0.3 is 10.2 Å². The topological polar surface area (TPSA) is 67.2 Å². The van der Waals surface area contributed by atoms with Crippen LogP contribution in [0.3, 0.4) is 0 Å². The van der Waals surface area contributed by atoms with Gasteiger partial charge in [0.1, 0.15) is 10.7 Å². The second-order valence-electron chi connectivity index (χ2n) is 7.63. The zero-order valence-corrected chi connectivity index (χ0v) is 18.2. The van der Waals surface area contributed by atoms with Crippen molar-refractivity contribution in [3.63, 3.8) is 0 Å². The molecule has 0 spiro atoms. The lowest BCUT2D eigenvalue weighted by Gasteiger charge is -2.20. The Bertz CT molecular complexity index is 881. The maximum Gasteiger partial charge on any atom is 0.262 e. The summed E-state index contributed by atoms with van der Waals surface area (Å²) in [4.78, 5) is 34.1. The van der Waals surface area contributed by atoms with Crippen LogP contribution in [0.5, 0.6) is 0 Å². The Morgan fingerprint density at radius 1 is 1.21 bits per heavy atom. The molecule has 6 nitrogen and oxygen atoms in total. The van der Waals surface area contributed by atoms with Crippen LogP contribution in [0.1, 0.15) is 67.0 Å². The molecule has 0 atom stereocenters. The van der Waals surface area contributed by atoms with Gasteiger partial charge >= 0.3 is 0 Å². The standard InChI is InChI=1S/C21H32N4O2S/c1-4-11-24(12-5-2)13-8-10-22-19(26)18-15(3)17-20(28-18)23-16-9-6-7-14-25(16)21(17)27/h4-14H2,1-3H3,(H,22,26). The van der Waals surface area contributed by atoms with Crippen molar-refractivity contribution < 1.29 is 4.79 Å².